The van der Waals surface area contributed by atoms with E-state index in [9.17, 15) is 0 Å². The van der Waals surface area contributed by atoms with Gasteiger partial charge in [-0.3, -0.25) is 0 Å². The molecule has 0 atom stereocenters. The van der Waals surface area contributed by atoms with Crippen molar-refractivity contribution >= 4 is 0 Å². The smallest absolute Gasteiger partial charge is 0.0947 e. The topological polar surface area (TPSA) is 17.8 Å². The van der Waals surface area contributed by atoms with Gasteiger partial charge in [0.25, 0.3) is 0 Å². The summed E-state index contributed by atoms with van der Waals surface area (Å²) in [5, 5.41) is 0. The third-order valence-corrected chi connectivity index (χ3v) is 1.98. The molecule has 0 unspecified atom stereocenters. The zero-order valence-electron chi connectivity index (χ0n) is 8.20. The third-order valence-electron chi connectivity index (χ3n) is 1.98. The van der Waals surface area contributed by atoms with Gasteiger partial charge in [0.05, 0.1) is 6.33 Å². The van der Waals surface area contributed by atoms with E-state index in [1.54, 1.807) is 0 Å². The Bertz CT molecular complexity index is 220. The van der Waals surface area contributed by atoms with Crippen LogP contribution in [-0.2, 0) is 34.0 Å². The molecule has 0 bridgehead atoms. The van der Waals surface area contributed by atoms with Crippen LogP contribution in [0.2, 0.25) is 0 Å². The van der Waals surface area contributed by atoms with E-state index in [1.165, 1.54) is 18.5 Å². The maximum Gasteiger partial charge on any atom is 0.0947 e. The summed E-state index contributed by atoms with van der Waals surface area (Å²) < 4.78 is 2.20. The van der Waals surface area contributed by atoms with Crippen molar-refractivity contribution in [2.24, 2.45) is 0 Å². The van der Waals surface area contributed by atoms with E-state index in [0.29, 0.717) is 0 Å². The van der Waals surface area contributed by atoms with Gasteiger partial charge in [0.1, 0.15) is 0 Å². The molecule has 0 aromatic carbocycles. The van der Waals surface area contributed by atoms with E-state index in [1.807, 2.05) is 12.5 Å². The van der Waals surface area contributed by atoms with Crippen molar-refractivity contribution < 1.29 is 21.1 Å². The summed E-state index contributed by atoms with van der Waals surface area (Å²) >= 11 is 0. The van der Waals surface area contributed by atoms with E-state index in [4.69, 9.17) is 0 Å². The Kier molecular flexibility index (Phi) is 7.26. The number of hydrogen-bond donors (Lipinski definition) is 0. The van der Waals surface area contributed by atoms with Crippen molar-refractivity contribution in [2.45, 2.75) is 39.2 Å². The van der Waals surface area contributed by atoms with Crippen LogP contribution in [0, 0.1) is 6.92 Å². The number of imidazole rings is 1. The largest absolute Gasteiger partial charge is 0.342 e. The zero-order chi connectivity index (χ0) is 8.81. The molecule has 0 spiro atoms. The van der Waals surface area contributed by atoms with E-state index in [2.05, 4.69) is 23.4 Å². The Balaban J connectivity index is 0.00000144. The summed E-state index contributed by atoms with van der Waals surface area (Å²) in [5.41, 5.74) is 1.35. The normalized spacial score (nSPS) is 9.69. The molecule has 1 rings (SSSR count). The second-order valence-electron chi connectivity index (χ2n) is 3.04. The summed E-state index contributed by atoms with van der Waals surface area (Å²) in [6.07, 6.45) is 8.45. The van der Waals surface area contributed by atoms with Crippen LogP contribution >= 0.6 is 0 Å². The van der Waals surface area contributed by atoms with Gasteiger partial charge in [-0.1, -0.05) is 13.3 Å². The number of hydrogen-bond acceptors (Lipinski definition) is 1. The molecule has 0 aliphatic heterocycles. The van der Waals surface area contributed by atoms with Gasteiger partial charge in [0, 0.05) is 33.0 Å². The minimum atomic E-state index is 0. The van der Waals surface area contributed by atoms with Crippen molar-refractivity contribution in [2.75, 3.05) is 0 Å². The molecule has 0 amide bonds. The first kappa shape index (κ1) is 12.9. The predicted molar refractivity (Wildman–Crippen MR) is 50.8 cm³/mol. The molecule has 0 fully saturated rings. The van der Waals surface area contributed by atoms with Gasteiger partial charge >= 0.3 is 0 Å². The molecule has 0 aliphatic rings. The maximum absolute atomic E-state index is 4.13. The maximum atomic E-state index is 4.13. The number of aromatic nitrogens is 2. The average molecular weight is 349 g/mol. The van der Waals surface area contributed by atoms with Gasteiger partial charge in [0.15, 0.2) is 0 Å². The van der Waals surface area contributed by atoms with Crippen molar-refractivity contribution in [3.8, 4) is 0 Å². The van der Waals surface area contributed by atoms with Crippen LogP contribution in [0.3, 0.4) is 0 Å². The Labute approximate surface area is 95.0 Å². The molecular formula is C10H17N2W-. The molecule has 0 radical (unpaired) electrons. The molecule has 1 aromatic heterocycles. The Morgan fingerprint density at radius 1 is 1.54 bits per heavy atom. The fourth-order valence-electron chi connectivity index (χ4n) is 1.29. The van der Waals surface area contributed by atoms with Crippen LogP contribution in [0.5, 0.6) is 0 Å². The van der Waals surface area contributed by atoms with Crippen molar-refractivity contribution in [1.82, 2.24) is 9.55 Å². The first-order valence-electron chi connectivity index (χ1n) is 4.66. The zero-order valence-corrected chi connectivity index (χ0v) is 11.1. The summed E-state index contributed by atoms with van der Waals surface area (Å²) in [6, 6.07) is 0. The molecule has 0 aliphatic carbocycles. The molecule has 74 valence electrons. The fraction of sp³-hybridized carbons (Fsp3) is 0.600. The van der Waals surface area contributed by atoms with Crippen LogP contribution < -0.4 is 0 Å². The molecule has 0 saturated heterocycles. The van der Waals surface area contributed by atoms with E-state index < -0.39 is 0 Å². The van der Waals surface area contributed by atoms with Crippen LogP contribution in [0.25, 0.3) is 0 Å². The second-order valence-corrected chi connectivity index (χ2v) is 3.04. The summed E-state index contributed by atoms with van der Waals surface area (Å²) in [6.45, 7) is 7.04. The van der Waals surface area contributed by atoms with Crippen molar-refractivity contribution in [3.05, 3.63) is 25.1 Å². The monoisotopic (exact) mass is 349 g/mol. The van der Waals surface area contributed by atoms with Crippen molar-refractivity contribution in [1.29, 1.82) is 0 Å². The number of unbranched alkanes of at least 4 members (excludes halogenated alkanes) is 1. The first-order valence-corrected chi connectivity index (χ1v) is 4.66. The molecule has 1 aromatic rings. The third kappa shape index (κ3) is 4.08. The minimum Gasteiger partial charge on any atom is -0.342 e. The van der Waals surface area contributed by atoms with Gasteiger partial charge < -0.3 is 11.5 Å². The van der Waals surface area contributed by atoms with Gasteiger partial charge in [-0.25, -0.2) is 4.98 Å². The summed E-state index contributed by atoms with van der Waals surface area (Å²) in [5.74, 6) is 0. The molecule has 0 N–H and O–H groups in total. The van der Waals surface area contributed by atoms with E-state index in [-0.39, 0.29) is 21.1 Å². The molecule has 2 nitrogen and oxygen atoms in total. The van der Waals surface area contributed by atoms with Crippen molar-refractivity contribution in [3.63, 3.8) is 0 Å². The first-order chi connectivity index (χ1) is 5.88. The van der Waals surface area contributed by atoms with Crippen LogP contribution in [0.1, 0.15) is 31.9 Å². The van der Waals surface area contributed by atoms with Crippen LogP contribution in [-0.4, -0.2) is 9.55 Å². The second kappa shape index (κ2) is 7.32. The SMILES string of the molecule is [CH2-]CCn1cncc1CCCC.[W]. The van der Waals surface area contributed by atoms with Gasteiger partial charge in [0.2, 0.25) is 0 Å². The van der Waals surface area contributed by atoms with Gasteiger partial charge in [-0.15, -0.1) is 0 Å². The Hall–Kier alpha value is -0.102. The molecule has 0 saturated carbocycles. The molecule has 13 heavy (non-hydrogen) atoms. The number of rotatable bonds is 5. The van der Waals surface area contributed by atoms with E-state index >= 15 is 0 Å². The number of aryl methyl sites for hydroxylation is 2. The average Bonchev–Trinajstić information content (AvgIpc) is 2.50. The predicted octanol–water partition coefficient (Wildman–Crippen LogP) is 2.45. The minimum absolute atomic E-state index is 0. The standard InChI is InChI=1S/C10H17N2.W/c1-3-5-6-10-8-11-9-12(10)7-4-2;/h8-9H,2-7H2,1H3;/q-1;. The van der Waals surface area contributed by atoms with Crippen LogP contribution in [0.15, 0.2) is 12.5 Å². The van der Waals surface area contributed by atoms with E-state index in [0.717, 1.165) is 19.4 Å². The number of nitrogens with zero attached hydrogens (tertiary/aromatic N) is 2. The van der Waals surface area contributed by atoms with Crippen LogP contribution in [0.4, 0.5) is 0 Å². The Morgan fingerprint density at radius 3 is 2.92 bits per heavy atom. The molecular weight excluding hydrogens is 332 g/mol. The van der Waals surface area contributed by atoms with Gasteiger partial charge in [-0.05, 0) is 19.4 Å². The Morgan fingerprint density at radius 2 is 2.31 bits per heavy atom. The molecule has 1 heterocycles. The van der Waals surface area contributed by atoms with Gasteiger partial charge in [-0.2, -0.15) is 6.42 Å². The molecule has 3 heteroatoms. The summed E-state index contributed by atoms with van der Waals surface area (Å²) in [4.78, 5) is 4.13. The quantitative estimate of drug-likeness (QED) is 0.747. The summed E-state index contributed by atoms with van der Waals surface area (Å²) in [7, 11) is 0. The fourth-order valence-corrected chi connectivity index (χ4v) is 1.29.